The van der Waals surface area contributed by atoms with Crippen LogP contribution in [0.15, 0.2) is 18.2 Å². The highest BCUT2D eigenvalue weighted by Crippen LogP contribution is 2.46. The fraction of sp³-hybridized carbons (Fsp3) is 0.586. The van der Waals surface area contributed by atoms with Crippen LogP contribution in [0.5, 0.6) is 0 Å². The standard InChI is InChI=1S/C29H44N6O4/c1-31(2)13-7-12-30-22-18-21-23-19(26(36)34(28(21)38)16-8-14-32(3)4)10-11-20-24(23)25(22)29(39)35(27(20)37)17-9-15-33(5)6/h10-11,18,27-28,30,37-38H,7-9,12-17H2,1-6H3. The average Bonchev–Trinajstić information content (AvgIpc) is 2.87. The number of aliphatic hydroxyl groups excluding tert-OH is 2. The van der Waals surface area contributed by atoms with Crippen molar-refractivity contribution in [1.29, 1.82) is 0 Å². The van der Waals surface area contributed by atoms with Crippen LogP contribution in [0, 0.1) is 0 Å². The summed E-state index contributed by atoms with van der Waals surface area (Å²) in [4.78, 5) is 36.8. The maximum absolute atomic E-state index is 14.0. The molecule has 10 nitrogen and oxygen atoms in total. The Labute approximate surface area is 231 Å². The molecule has 2 atom stereocenters. The third kappa shape index (κ3) is 5.90. The van der Waals surface area contributed by atoms with Gasteiger partial charge in [-0.25, -0.2) is 0 Å². The van der Waals surface area contributed by atoms with Gasteiger partial charge in [0.25, 0.3) is 11.8 Å². The van der Waals surface area contributed by atoms with Crippen LogP contribution in [0.4, 0.5) is 5.69 Å². The van der Waals surface area contributed by atoms with E-state index in [1.165, 1.54) is 9.80 Å². The lowest BCUT2D eigenvalue weighted by atomic mass is 9.84. The molecule has 0 saturated heterocycles. The van der Waals surface area contributed by atoms with Crippen molar-refractivity contribution in [3.05, 3.63) is 40.5 Å². The van der Waals surface area contributed by atoms with Crippen molar-refractivity contribution in [1.82, 2.24) is 24.5 Å². The molecule has 214 valence electrons. The first-order valence-electron chi connectivity index (χ1n) is 13.8. The lowest BCUT2D eigenvalue weighted by molar-refractivity contribution is 0.00117. The van der Waals surface area contributed by atoms with E-state index >= 15 is 0 Å². The van der Waals surface area contributed by atoms with Crippen molar-refractivity contribution < 1.29 is 19.8 Å². The van der Waals surface area contributed by atoms with E-state index in [0.29, 0.717) is 58.3 Å². The Bertz CT molecular complexity index is 1210. The lowest BCUT2D eigenvalue weighted by Gasteiger charge is -2.39. The number of nitrogens with zero attached hydrogens (tertiary/aromatic N) is 5. The quantitative estimate of drug-likeness (QED) is 0.332. The van der Waals surface area contributed by atoms with Crippen molar-refractivity contribution in [2.75, 3.05) is 86.9 Å². The summed E-state index contributed by atoms with van der Waals surface area (Å²) in [5, 5.41) is 27.4. The molecular weight excluding hydrogens is 496 g/mol. The number of anilines is 1. The first-order valence-corrected chi connectivity index (χ1v) is 13.8. The minimum atomic E-state index is -1.14. The van der Waals surface area contributed by atoms with Gasteiger partial charge in [0.1, 0.15) is 0 Å². The molecule has 2 aliphatic rings. The number of carbonyl (C=O) groups excluding carboxylic acids is 2. The normalized spacial score (nSPS) is 18.8. The van der Waals surface area contributed by atoms with Crippen LogP contribution in [0.3, 0.4) is 0 Å². The summed E-state index contributed by atoms with van der Waals surface area (Å²) in [6.45, 7) is 3.93. The first kappa shape index (κ1) is 29.2. The Hall–Kier alpha value is -2.76. The number of benzene rings is 2. The van der Waals surface area contributed by atoms with Crippen molar-refractivity contribution in [2.45, 2.75) is 31.7 Å². The molecule has 2 amide bonds. The van der Waals surface area contributed by atoms with Crippen molar-refractivity contribution in [2.24, 2.45) is 0 Å². The van der Waals surface area contributed by atoms with Gasteiger partial charge in [0.15, 0.2) is 12.5 Å². The van der Waals surface area contributed by atoms with E-state index in [-0.39, 0.29) is 11.8 Å². The molecule has 2 aliphatic heterocycles. The number of hydrogen-bond acceptors (Lipinski definition) is 8. The van der Waals surface area contributed by atoms with E-state index in [2.05, 4.69) is 15.1 Å². The molecule has 3 N–H and O–H groups in total. The second-order valence-corrected chi connectivity index (χ2v) is 11.5. The zero-order valence-corrected chi connectivity index (χ0v) is 24.2. The third-order valence-corrected chi connectivity index (χ3v) is 7.56. The van der Waals surface area contributed by atoms with E-state index in [0.717, 1.165) is 38.9 Å². The zero-order valence-electron chi connectivity index (χ0n) is 24.2. The molecule has 2 aromatic rings. The molecule has 0 aromatic heterocycles. The molecular formula is C29H44N6O4. The van der Waals surface area contributed by atoms with Crippen molar-refractivity contribution in [3.8, 4) is 0 Å². The first-order chi connectivity index (χ1) is 18.5. The number of hydrogen-bond donors (Lipinski definition) is 3. The van der Waals surface area contributed by atoms with E-state index in [1.54, 1.807) is 12.1 Å². The monoisotopic (exact) mass is 540 g/mol. The second-order valence-electron chi connectivity index (χ2n) is 11.5. The number of amides is 2. The molecule has 0 saturated carbocycles. The summed E-state index contributed by atoms with van der Waals surface area (Å²) >= 11 is 0. The molecule has 0 radical (unpaired) electrons. The minimum absolute atomic E-state index is 0.256. The molecule has 2 heterocycles. The molecule has 2 aromatic carbocycles. The predicted octanol–water partition coefficient (Wildman–Crippen LogP) is 2.00. The summed E-state index contributed by atoms with van der Waals surface area (Å²) in [6, 6.07) is 5.34. The van der Waals surface area contributed by atoms with Gasteiger partial charge >= 0.3 is 0 Å². The van der Waals surface area contributed by atoms with Crippen LogP contribution >= 0.6 is 0 Å². The van der Waals surface area contributed by atoms with Gasteiger partial charge in [-0.1, -0.05) is 6.07 Å². The van der Waals surface area contributed by atoms with Gasteiger partial charge in [0.05, 0.1) is 5.56 Å². The predicted molar refractivity (Wildman–Crippen MR) is 154 cm³/mol. The Balaban J connectivity index is 1.80. The van der Waals surface area contributed by atoms with Gasteiger partial charge in [0, 0.05) is 52.8 Å². The van der Waals surface area contributed by atoms with Gasteiger partial charge in [-0.2, -0.15) is 0 Å². The Morgan fingerprint density at radius 1 is 0.744 bits per heavy atom. The summed E-state index contributed by atoms with van der Waals surface area (Å²) in [6.07, 6.45) is 0.0508. The molecule has 0 aliphatic carbocycles. The van der Waals surface area contributed by atoms with Gasteiger partial charge in [0.2, 0.25) is 0 Å². The number of aliphatic hydroxyl groups is 2. The van der Waals surface area contributed by atoms with Crippen molar-refractivity contribution >= 4 is 28.3 Å². The minimum Gasteiger partial charge on any atom is -0.384 e. The van der Waals surface area contributed by atoms with Gasteiger partial charge in [-0.15, -0.1) is 0 Å². The number of rotatable bonds is 13. The van der Waals surface area contributed by atoms with E-state index in [4.69, 9.17) is 0 Å². The van der Waals surface area contributed by atoms with E-state index in [1.807, 2.05) is 53.3 Å². The van der Waals surface area contributed by atoms with Gasteiger partial charge in [-0.05, 0) is 93.3 Å². The molecule has 0 fully saturated rings. The highest BCUT2D eigenvalue weighted by molar-refractivity contribution is 6.20. The lowest BCUT2D eigenvalue weighted by Crippen LogP contribution is -2.42. The second kappa shape index (κ2) is 12.2. The Morgan fingerprint density at radius 2 is 1.28 bits per heavy atom. The summed E-state index contributed by atoms with van der Waals surface area (Å²) < 4.78 is 0. The summed E-state index contributed by atoms with van der Waals surface area (Å²) in [7, 11) is 12.0. The van der Waals surface area contributed by atoms with Crippen LogP contribution in [0.2, 0.25) is 0 Å². The average molecular weight is 541 g/mol. The van der Waals surface area contributed by atoms with Gasteiger partial charge < -0.3 is 40.0 Å². The molecule has 0 spiro atoms. The van der Waals surface area contributed by atoms with Crippen LogP contribution in [0.25, 0.3) is 10.8 Å². The molecule has 39 heavy (non-hydrogen) atoms. The number of carbonyl (C=O) groups is 2. The Kier molecular flexibility index (Phi) is 9.13. The fourth-order valence-electron chi connectivity index (χ4n) is 5.62. The SMILES string of the molecule is CN(C)CCCNc1cc2c3c(ccc4c3c1C(=O)N(CCCN(C)C)C4O)C(=O)N(CCCN(C)C)C2O. The maximum atomic E-state index is 14.0. The number of nitrogens with one attached hydrogen (secondary N) is 1. The Morgan fingerprint density at radius 3 is 1.87 bits per heavy atom. The van der Waals surface area contributed by atoms with Crippen LogP contribution in [-0.4, -0.2) is 128 Å². The van der Waals surface area contributed by atoms with Crippen LogP contribution in [0.1, 0.15) is 63.6 Å². The van der Waals surface area contributed by atoms with E-state index < -0.39 is 12.5 Å². The maximum Gasteiger partial charge on any atom is 0.258 e. The fourth-order valence-corrected chi connectivity index (χ4v) is 5.62. The summed E-state index contributed by atoms with van der Waals surface area (Å²) in [5.41, 5.74) is 2.73. The van der Waals surface area contributed by atoms with Crippen molar-refractivity contribution in [3.63, 3.8) is 0 Å². The zero-order chi connectivity index (χ0) is 28.4. The largest absolute Gasteiger partial charge is 0.384 e. The molecule has 2 unspecified atom stereocenters. The smallest absolute Gasteiger partial charge is 0.258 e. The van der Waals surface area contributed by atoms with Crippen LogP contribution in [-0.2, 0) is 0 Å². The van der Waals surface area contributed by atoms with E-state index in [9.17, 15) is 19.8 Å². The highest BCUT2D eigenvalue weighted by atomic mass is 16.3. The molecule has 4 rings (SSSR count). The molecule has 0 bridgehead atoms. The van der Waals surface area contributed by atoms with Crippen LogP contribution < -0.4 is 5.32 Å². The summed E-state index contributed by atoms with van der Waals surface area (Å²) in [5.74, 6) is -0.517. The highest BCUT2D eigenvalue weighted by Gasteiger charge is 2.40. The van der Waals surface area contributed by atoms with Gasteiger partial charge in [-0.3, -0.25) is 9.59 Å². The molecule has 10 heteroatoms. The topological polar surface area (TPSA) is 103 Å². The third-order valence-electron chi connectivity index (χ3n) is 7.56.